The zero-order valence-electron chi connectivity index (χ0n) is 16.1. The van der Waals surface area contributed by atoms with Gasteiger partial charge >= 0.3 is 0 Å². The number of rotatable bonds is 2. The maximum Gasteiger partial charge on any atom is 0.206 e. The first-order valence-electron chi connectivity index (χ1n) is 9.20. The van der Waals surface area contributed by atoms with Crippen molar-refractivity contribution in [3.63, 3.8) is 0 Å². The SMILES string of the molecule is [C-]#[N+]c1ccc2c(c1C#N)N(C)[C@H](C)N2c1c(C)cccc1-c1ccccc1. The molecule has 0 amide bonds. The van der Waals surface area contributed by atoms with E-state index in [9.17, 15) is 5.26 Å². The molecule has 0 aromatic heterocycles. The van der Waals surface area contributed by atoms with Crippen LogP contribution in [0.15, 0.2) is 60.7 Å². The molecule has 0 radical (unpaired) electrons. The van der Waals surface area contributed by atoms with Crippen molar-refractivity contribution in [1.29, 1.82) is 5.26 Å². The molecule has 1 heterocycles. The minimum atomic E-state index is 0.0200. The molecule has 0 aliphatic carbocycles. The maximum atomic E-state index is 9.72. The molecule has 3 aromatic rings. The molecule has 0 bridgehead atoms. The fourth-order valence-corrected chi connectivity index (χ4v) is 4.02. The van der Waals surface area contributed by atoms with Crippen molar-refractivity contribution in [2.45, 2.75) is 20.0 Å². The first-order valence-corrected chi connectivity index (χ1v) is 9.20. The van der Waals surface area contributed by atoms with Gasteiger partial charge in [-0.25, -0.2) is 4.85 Å². The number of anilines is 3. The summed E-state index contributed by atoms with van der Waals surface area (Å²) in [4.78, 5) is 7.91. The van der Waals surface area contributed by atoms with Crippen molar-refractivity contribution in [1.82, 2.24) is 0 Å². The summed E-state index contributed by atoms with van der Waals surface area (Å²) in [6.45, 7) is 11.6. The van der Waals surface area contributed by atoms with Gasteiger partial charge in [-0.15, -0.1) is 0 Å². The fraction of sp³-hybridized carbons (Fsp3) is 0.167. The maximum absolute atomic E-state index is 9.72. The Labute approximate surface area is 165 Å². The van der Waals surface area contributed by atoms with Crippen LogP contribution in [0.5, 0.6) is 0 Å². The molecule has 136 valence electrons. The molecule has 4 heteroatoms. The molecule has 1 aliphatic rings. The van der Waals surface area contributed by atoms with E-state index in [2.05, 4.69) is 64.9 Å². The van der Waals surface area contributed by atoms with E-state index in [4.69, 9.17) is 6.57 Å². The number of para-hydroxylation sites is 1. The third-order valence-corrected chi connectivity index (χ3v) is 5.48. The number of nitriles is 1. The Hall–Kier alpha value is -3.76. The Balaban J connectivity index is 2.00. The second-order valence-corrected chi connectivity index (χ2v) is 7.00. The molecule has 1 atom stereocenters. The van der Waals surface area contributed by atoms with Crippen LogP contribution in [0.2, 0.25) is 0 Å². The van der Waals surface area contributed by atoms with E-state index in [0.717, 1.165) is 28.2 Å². The molecular weight excluding hydrogens is 344 g/mol. The zero-order chi connectivity index (χ0) is 19.8. The van der Waals surface area contributed by atoms with Gasteiger partial charge in [0.2, 0.25) is 5.69 Å². The van der Waals surface area contributed by atoms with E-state index in [1.54, 1.807) is 6.07 Å². The standard InChI is InChI=1S/C24H20N4/c1-16-9-8-12-19(18-10-6-5-7-11-18)23(16)28-17(2)27(4)24-20(15-25)21(26-3)13-14-22(24)28/h5-14,17H,1-2,4H3/t17-/m0/s1. The highest BCUT2D eigenvalue weighted by Gasteiger charge is 2.36. The lowest BCUT2D eigenvalue weighted by Gasteiger charge is -2.31. The van der Waals surface area contributed by atoms with Crippen molar-refractivity contribution in [2.75, 3.05) is 16.8 Å². The number of hydrogen-bond acceptors (Lipinski definition) is 3. The highest BCUT2D eigenvalue weighted by Crippen LogP contribution is 2.50. The molecule has 0 spiro atoms. The Morgan fingerprint density at radius 1 is 1.00 bits per heavy atom. The van der Waals surface area contributed by atoms with Crippen molar-refractivity contribution in [3.05, 3.63) is 83.2 Å². The molecule has 28 heavy (non-hydrogen) atoms. The molecular formula is C24H20N4. The molecule has 0 N–H and O–H groups in total. The smallest absolute Gasteiger partial charge is 0.206 e. The third kappa shape index (κ3) is 2.51. The quantitative estimate of drug-likeness (QED) is 0.522. The average molecular weight is 364 g/mol. The molecule has 0 saturated carbocycles. The van der Waals surface area contributed by atoms with Crippen LogP contribution in [0.3, 0.4) is 0 Å². The van der Waals surface area contributed by atoms with Gasteiger partial charge in [0.15, 0.2) is 0 Å². The van der Waals surface area contributed by atoms with Crippen LogP contribution >= 0.6 is 0 Å². The number of benzene rings is 3. The molecule has 0 fully saturated rings. The monoisotopic (exact) mass is 364 g/mol. The van der Waals surface area contributed by atoms with Gasteiger partial charge < -0.3 is 9.80 Å². The largest absolute Gasteiger partial charge is 0.352 e. The molecule has 0 saturated heterocycles. The Morgan fingerprint density at radius 3 is 2.43 bits per heavy atom. The second-order valence-electron chi connectivity index (χ2n) is 7.00. The topological polar surface area (TPSA) is 34.6 Å². The van der Waals surface area contributed by atoms with Gasteiger partial charge in [-0.2, -0.15) is 5.26 Å². The van der Waals surface area contributed by atoms with Gasteiger partial charge in [0.05, 0.1) is 35.3 Å². The number of aryl methyl sites for hydroxylation is 1. The van der Waals surface area contributed by atoms with E-state index in [0.29, 0.717) is 11.3 Å². The molecule has 4 nitrogen and oxygen atoms in total. The summed E-state index contributed by atoms with van der Waals surface area (Å²) in [5.41, 5.74) is 7.24. The zero-order valence-corrected chi connectivity index (χ0v) is 16.1. The lowest BCUT2D eigenvalue weighted by molar-refractivity contribution is 0.733. The first-order chi connectivity index (χ1) is 13.6. The Morgan fingerprint density at radius 2 is 1.75 bits per heavy atom. The lowest BCUT2D eigenvalue weighted by Crippen LogP contribution is -2.36. The third-order valence-electron chi connectivity index (χ3n) is 5.48. The van der Waals surface area contributed by atoms with E-state index < -0.39 is 0 Å². The molecule has 1 aliphatic heterocycles. The van der Waals surface area contributed by atoms with E-state index in [1.165, 1.54) is 5.56 Å². The molecule has 4 rings (SSSR count). The van der Waals surface area contributed by atoms with Gasteiger partial charge in [-0.3, -0.25) is 0 Å². The summed E-state index contributed by atoms with van der Waals surface area (Å²) < 4.78 is 0. The van der Waals surface area contributed by atoms with Crippen molar-refractivity contribution in [2.24, 2.45) is 0 Å². The van der Waals surface area contributed by atoms with Crippen LogP contribution in [-0.4, -0.2) is 13.2 Å². The summed E-state index contributed by atoms with van der Waals surface area (Å²) in [6, 6.07) is 22.6. The van der Waals surface area contributed by atoms with E-state index in [-0.39, 0.29) is 6.17 Å². The van der Waals surface area contributed by atoms with Crippen LogP contribution in [-0.2, 0) is 0 Å². The Kier molecular flexibility index (Phi) is 4.26. The highest BCUT2D eigenvalue weighted by molar-refractivity contribution is 5.95. The fourth-order valence-electron chi connectivity index (χ4n) is 4.02. The highest BCUT2D eigenvalue weighted by atomic mass is 15.4. The van der Waals surface area contributed by atoms with Gasteiger partial charge in [-0.1, -0.05) is 54.6 Å². The normalized spacial score (nSPS) is 15.1. The molecule has 0 unspecified atom stereocenters. The summed E-state index contributed by atoms with van der Waals surface area (Å²) in [6.07, 6.45) is 0.0200. The van der Waals surface area contributed by atoms with Gasteiger partial charge in [0.25, 0.3) is 0 Å². The van der Waals surface area contributed by atoms with Crippen molar-refractivity contribution in [3.8, 4) is 17.2 Å². The number of nitrogens with zero attached hydrogens (tertiary/aromatic N) is 4. The van der Waals surface area contributed by atoms with Crippen LogP contribution in [0.4, 0.5) is 22.7 Å². The van der Waals surface area contributed by atoms with Crippen LogP contribution < -0.4 is 9.80 Å². The van der Waals surface area contributed by atoms with Crippen LogP contribution in [0.25, 0.3) is 16.0 Å². The number of fused-ring (bicyclic) bond motifs is 1. The summed E-state index contributed by atoms with van der Waals surface area (Å²) in [7, 11) is 1.98. The minimum Gasteiger partial charge on any atom is -0.352 e. The van der Waals surface area contributed by atoms with Crippen LogP contribution in [0.1, 0.15) is 18.1 Å². The molecule has 3 aromatic carbocycles. The second kappa shape index (κ2) is 6.76. The average Bonchev–Trinajstić information content (AvgIpc) is 2.98. The van der Waals surface area contributed by atoms with Crippen LogP contribution in [0, 0.1) is 24.8 Å². The summed E-state index contributed by atoms with van der Waals surface area (Å²) >= 11 is 0. The van der Waals surface area contributed by atoms with Crippen molar-refractivity contribution < 1.29 is 0 Å². The Bertz CT molecular complexity index is 1140. The first kappa shape index (κ1) is 17.6. The minimum absolute atomic E-state index is 0.0200. The summed E-state index contributed by atoms with van der Waals surface area (Å²) in [5.74, 6) is 0. The van der Waals surface area contributed by atoms with Crippen molar-refractivity contribution >= 4 is 22.7 Å². The van der Waals surface area contributed by atoms with Gasteiger partial charge in [-0.05, 0) is 31.0 Å². The lowest BCUT2D eigenvalue weighted by atomic mass is 9.99. The number of hydrogen-bond donors (Lipinski definition) is 0. The predicted octanol–water partition coefficient (Wildman–Crippen LogP) is 6.02. The predicted molar refractivity (Wildman–Crippen MR) is 114 cm³/mol. The van der Waals surface area contributed by atoms with E-state index in [1.807, 2.05) is 31.3 Å². The van der Waals surface area contributed by atoms with E-state index >= 15 is 0 Å². The van der Waals surface area contributed by atoms with Gasteiger partial charge in [0.1, 0.15) is 6.17 Å². The van der Waals surface area contributed by atoms with Gasteiger partial charge in [0, 0.05) is 12.6 Å². The summed E-state index contributed by atoms with van der Waals surface area (Å²) in [5, 5.41) is 9.72.